The van der Waals surface area contributed by atoms with Crippen LogP contribution in [0.3, 0.4) is 0 Å². The molecule has 0 saturated heterocycles. The number of nitrogens with one attached hydrogen (secondary N) is 1. The van der Waals surface area contributed by atoms with Crippen molar-refractivity contribution in [2.75, 3.05) is 19.5 Å². The third-order valence-electron chi connectivity index (χ3n) is 2.03. The Balaban J connectivity index is 3.08. The van der Waals surface area contributed by atoms with Gasteiger partial charge in [0, 0.05) is 7.05 Å². The van der Waals surface area contributed by atoms with Crippen LogP contribution in [0.2, 0.25) is 5.02 Å². The number of ether oxygens (including phenoxy) is 1. The van der Waals surface area contributed by atoms with Gasteiger partial charge in [-0.05, 0) is 6.07 Å². The summed E-state index contributed by atoms with van der Waals surface area (Å²) in [6, 6.07) is 1.25. The van der Waals surface area contributed by atoms with Crippen molar-refractivity contribution in [2.45, 2.75) is 6.42 Å². The third kappa shape index (κ3) is 3.07. The molecule has 0 radical (unpaired) electrons. The van der Waals surface area contributed by atoms with Crippen LogP contribution in [0.4, 0.5) is 5.82 Å². The van der Waals surface area contributed by atoms with Crippen LogP contribution in [0.25, 0.3) is 0 Å². The molecule has 0 aromatic carbocycles. The Labute approximate surface area is 103 Å². The van der Waals surface area contributed by atoms with Gasteiger partial charge in [0.25, 0.3) is 0 Å². The van der Waals surface area contributed by atoms with Crippen LogP contribution in [0.1, 0.15) is 16.8 Å². The standard InChI is InChI=1S/C10H11ClN2O4/c1-12-9-5(3-6(11)10(16)13-9)7(14)4-8(15)17-2/h3H,4H2,1-2H3,(H2,12,13,16). The molecule has 1 heterocycles. The number of carbonyl (C=O) groups excluding carboxylic acids is 2. The largest absolute Gasteiger partial charge is 0.492 e. The van der Waals surface area contributed by atoms with Crippen molar-refractivity contribution in [2.24, 2.45) is 0 Å². The number of hydrogen-bond acceptors (Lipinski definition) is 6. The van der Waals surface area contributed by atoms with E-state index >= 15 is 0 Å². The molecule has 2 N–H and O–H groups in total. The number of ketones is 1. The van der Waals surface area contributed by atoms with Crippen molar-refractivity contribution in [1.82, 2.24) is 4.98 Å². The molecule has 0 amide bonds. The number of halogens is 1. The van der Waals surface area contributed by atoms with Gasteiger partial charge < -0.3 is 15.2 Å². The highest BCUT2D eigenvalue weighted by molar-refractivity contribution is 6.32. The number of aromatic nitrogens is 1. The molecule has 0 bridgehead atoms. The molecule has 0 aliphatic carbocycles. The quantitative estimate of drug-likeness (QED) is 0.480. The summed E-state index contributed by atoms with van der Waals surface area (Å²) >= 11 is 5.65. The molecule has 6 nitrogen and oxygen atoms in total. The second-order valence-electron chi connectivity index (χ2n) is 3.12. The van der Waals surface area contributed by atoms with Crippen molar-refractivity contribution < 1.29 is 19.4 Å². The van der Waals surface area contributed by atoms with E-state index in [9.17, 15) is 14.7 Å². The molecule has 0 spiro atoms. The Hall–Kier alpha value is -1.82. The summed E-state index contributed by atoms with van der Waals surface area (Å²) in [4.78, 5) is 26.4. The molecule has 0 aliphatic heterocycles. The van der Waals surface area contributed by atoms with Crippen molar-refractivity contribution in [1.29, 1.82) is 0 Å². The summed E-state index contributed by atoms with van der Waals surface area (Å²) < 4.78 is 4.39. The molecule has 1 aromatic rings. The number of nitrogens with zero attached hydrogens (tertiary/aromatic N) is 1. The van der Waals surface area contributed by atoms with Crippen molar-refractivity contribution in [3.8, 4) is 5.88 Å². The van der Waals surface area contributed by atoms with E-state index in [1.54, 1.807) is 0 Å². The first kappa shape index (κ1) is 13.2. The molecule has 0 saturated carbocycles. The minimum atomic E-state index is -0.652. The smallest absolute Gasteiger partial charge is 0.313 e. The number of carbonyl (C=O) groups is 2. The average Bonchev–Trinajstić information content (AvgIpc) is 2.31. The summed E-state index contributed by atoms with van der Waals surface area (Å²) in [5.74, 6) is -1.37. The van der Waals surface area contributed by atoms with Crippen LogP contribution < -0.4 is 5.32 Å². The van der Waals surface area contributed by atoms with Gasteiger partial charge in [0.2, 0.25) is 5.88 Å². The lowest BCUT2D eigenvalue weighted by molar-refractivity contribution is -0.139. The summed E-state index contributed by atoms with van der Waals surface area (Å²) in [6.07, 6.45) is -0.409. The Bertz CT molecular complexity index is 462. The molecule has 0 unspecified atom stereocenters. The predicted octanol–water partition coefficient (Wildman–Crippen LogP) is 1.23. The van der Waals surface area contributed by atoms with Crippen LogP contribution >= 0.6 is 11.6 Å². The van der Waals surface area contributed by atoms with E-state index in [0.717, 1.165) is 0 Å². The fourth-order valence-electron chi connectivity index (χ4n) is 1.18. The first-order valence-electron chi connectivity index (χ1n) is 4.66. The molecule has 1 aromatic heterocycles. The lowest BCUT2D eigenvalue weighted by Crippen LogP contribution is -2.12. The molecule has 0 atom stereocenters. The van der Waals surface area contributed by atoms with Crippen molar-refractivity contribution in [3.63, 3.8) is 0 Å². The molecule has 0 fully saturated rings. The van der Waals surface area contributed by atoms with Gasteiger partial charge in [-0.2, -0.15) is 4.98 Å². The number of hydrogen-bond donors (Lipinski definition) is 2. The van der Waals surface area contributed by atoms with Gasteiger partial charge in [0.1, 0.15) is 17.3 Å². The Morgan fingerprint density at radius 3 is 2.76 bits per heavy atom. The first-order valence-corrected chi connectivity index (χ1v) is 5.04. The second kappa shape index (κ2) is 5.49. The number of aromatic hydroxyl groups is 1. The maximum atomic E-state index is 11.7. The fourth-order valence-corrected chi connectivity index (χ4v) is 1.33. The van der Waals surface area contributed by atoms with Gasteiger partial charge in [-0.1, -0.05) is 11.6 Å². The second-order valence-corrected chi connectivity index (χ2v) is 3.52. The van der Waals surface area contributed by atoms with E-state index in [0.29, 0.717) is 0 Å². The number of esters is 1. The topological polar surface area (TPSA) is 88.5 Å². The normalized spacial score (nSPS) is 9.82. The summed E-state index contributed by atoms with van der Waals surface area (Å²) in [6.45, 7) is 0. The number of anilines is 1. The summed E-state index contributed by atoms with van der Waals surface area (Å²) in [7, 11) is 2.72. The third-order valence-corrected chi connectivity index (χ3v) is 2.31. The fraction of sp³-hybridized carbons (Fsp3) is 0.300. The predicted molar refractivity (Wildman–Crippen MR) is 61.4 cm³/mol. The Morgan fingerprint density at radius 2 is 2.24 bits per heavy atom. The van der Waals surface area contributed by atoms with Gasteiger partial charge in [-0.25, -0.2) is 0 Å². The number of rotatable bonds is 4. The van der Waals surface area contributed by atoms with E-state index in [1.165, 1.54) is 20.2 Å². The van der Waals surface area contributed by atoms with Gasteiger partial charge in [-0.15, -0.1) is 0 Å². The van der Waals surface area contributed by atoms with Gasteiger partial charge >= 0.3 is 5.97 Å². The highest BCUT2D eigenvalue weighted by atomic mass is 35.5. The van der Waals surface area contributed by atoms with Crippen LogP contribution in [-0.2, 0) is 9.53 Å². The molecule has 17 heavy (non-hydrogen) atoms. The zero-order valence-electron chi connectivity index (χ0n) is 9.28. The molecule has 1 rings (SSSR count). The van der Waals surface area contributed by atoms with Crippen LogP contribution in [0.5, 0.6) is 5.88 Å². The van der Waals surface area contributed by atoms with Gasteiger partial charge in [0.15, 0.2) is 5.78 Å². The minimum absolute atomic E-state index is 0.0581. The van der Waals surface area contributed by atoms with Gasteiger partial charge in [-0.3, -0.25) is 9.59 Å². The highest BCUT2D eigenvalue weighted by Gasteiger charge is 2.18. The van der Waals surface area contributed by atoms with Crippen LogP contribution in [-0.4, -0.2) is 36.0 Å². The molecular weight excluding hydrogens is 248 g/mol. The van der Waals surface area contributed by atoms with E-state index in [-0.39, 0.29) is 22.3 Å². The van der Waals surface area contributed by atoms with E-state index in [2.05, 4.69) is 15.0 Å². The number of Topliss-reactive ketones (excluding diaryl/α,β-unsaturated/α-hetero) is 1. The zero-order chi connectivity index (χ0) is 13.0. The molecule has 0 aliphatic rings. The Morgan fingerprint density at radius 1 is 1.59 bits per heavy atom. The van der Waals surface area contributed by atoms with E-state index in [4.69, 9.17) is 11.6 Å². The molecule has 7 heteroatoms. The Kier molecular flexibility index (Phi) is 4.28. The highest BCUT2D eigenvalue weighted by Crippen LogP contribution is 2.27. The minimum Gasteiger partial charge on any atom is -0.492 e. The molecule has 92 valence electrons. The maximum Gasteiger partial charge on any atom is 0.313 e. The maximum absolute atomic E-state index is 11.7. The molecular formula is C10H11ClN2O4. The van der Waals surface area contributed by atoms with E-state index in [1.807, 2.05) is 0 Å². The number of methoxy groups -OCH3 is 1. The SMILES string of the molecule is CNc1nc(O)c(Cl)cc1C(=O)CC(=O)OC. The lowest BCUT2D eigenvalue weighted by Gasteiger charge is -2.08. The average molecular weight is 259 g/mol. The first-order chi connectivity index (χ1) is 7.99. The number of pyridine rings is 1. The monoisotopic (exact) mass is 258 g/mol. The van der Waals surface area contributed by atoms with E-state index < -0.39 is 18.2 Å². The zero-order valence-corrected chi connectivity index (χ0v) is 10.0. The van der Waals surface area contributed by atoms with Crippen molar-refractivity contribution >= 4 is 29.2 Å². The summed E-state index contributed by atoms with van der Waals surface area (Å²) in [5, 5.41) is 11.9. The lowest BCUT2D eigenvalue weighted by atomic mass is 10.1. The van der Waals surface area contributed by atoms with Crippen LogP contribution in [0.15, 0.2) is 6.07 Å². The van der Waals surface area contributed by atoms with Gasteiger partial charge in [0.05, 0.1) is 12.7 Å². The summed E-state index contributed by atoms with van der Waals surface area (Å²) in [5.41, 5.74) is 0.126. The van der Waals surface area contributed by atoms with Crippen molar-refractivity contribution in [3.05, 3.63) is 16.7 Å². The van der Waals surface area contributed by atoms with Crippen LogP contribution in [0, 0.1) is 0 Å².